The first-order valence-electron chi connectivity index (χ1n) is 7.18. The molecule has 0 bridgehead atoms. The Hall–Kier alpha value is -1.46. The average Bonchev–Trinajstić information content (AvgIpc) is 2.46. The molecule has 1 aromatic carbocycles. The first-order chi connectivity index (χ1) is 9.31. The summed E-state index contributed by atoms with van der Waals surface area (Å²) in [5.74, 6) is 7.28. The molecule has 1 saturated carbocycles. The topological polar surface area (TPSA) is 29.5 Å². The van der Waals surface area contributed by atoms with Crippen molar-refractivity contribution in [3.8, 4) is 17.6 Å². The summed E-state index contributed by atoms with van der Waals surface area (Å²) in [4.78, 5) is 0. The Bertz CT molecular complexity index is 456. The van der Waals surface area contributed by atoms with Crippen molar-refractivity contribution in [2.45, 2.75) is 45.1 Å². The molecule has 0 amide bonds. The van der Waals surface area contributed by atoms with Gasteiger partial charge in [0.25, 0.3) is 0 Å². The first-order valence-corrected chi connectivity index (χ1v) is 7.18. The molecule has 1 fully saturated rings. The van der Waals surface area contributed by atoms with E-state index >= 15 is 0 Å². The monoisotopic (exact) mass is 258 g/mol. The Morgan fingerprint density at radius 1 is 1.37 bits per heavy atom. The minimum atomic E-state index is -0.105. The number of hydrogen-bond acceptors (Lipinski definition) is 2. The van der Waals surface area contributed by atoms with Crippen molar-refractivity contribution in [2.75, 3.05) is 6.61 Å². The van der Waals surface area contributed by atoms with Crippen LogP contribution in [0.15, 0.2) is 24.3 Å². The Labute approximate surface area is 115 Å². The third-order valence-corrected chi connectivity index (χ3v) is 3.76. The summed E-state index contributed by atoms with van der Waals surface area (Å²) in [6.45, 7) is 2.16. The van der Waals surface area contributed by atoms with Crippen molar-refractivity contribution in [1.82, 2.24) is 0 Å². The van der Waals surface area contributed by atoms with E-state index in [1.54, 1.807) is 0 Å². The lowest BCUT2D eigenvalue weighted by molar-refractivity contribution is 0.122. The van der Waals surface area contributed by atoms with Gasteiger partial charge in [-0.25, -0.2) is 0 Å². The molecule has 0 spiro atoms. The molecule has 1 N–H and O–H groups in total. The van der Waals surface area contributed by atoms with Gasteiger partial charge in [0, 0.05) is 5.56 Å². The van der Waals surface area contributed by atoms with Crippen LogP contribution in [0.1, 0.15) is 44.6 Å². The summed E-state index contributed by atoms with van der Waals surface area (Å²) in [6, 6.07) is 7.83. The minimum Gasteiger partial charge on any atom is -0.490 e. The van der Waals surface area contributed by atoms with Crippen LogP contribution in [0.5, 0.6) is 5.75 Å². The van der Waals surface area contributed by atoms with Gasteiger partial charge in [-0.15, -0.1) is 0 Å². The van der Waals surface area contributed by atoms with E-state index in [0.717, 1.165) is 23.7 Å². The zero-order valence-electron chi connectivity index (χ0n) is 11.6. The van der Waals surface area contributed by atoms with E-state index in [-0.39, 0.29) is 6.61 Å². The maximum atomic E-state index is 8.71. The van der Waals surface area contributed by atoms with Crippen LogP contribution in [0.25, 0.3) is 0 Å². The van der Waals surface area contributed by atoms with Crippen molar-refractivity contribution in [2.24, 2.45) is 5.92 Å². The van der Waals surface area contributed by atoms with Crippen LogP contribution in [-0.2, 0) is 0 Å². The van der Waals surface area contributed by atoms with E-state index in [1.807, 2.05) is 24.3 Å². The molecule has 0 radical (unpaired) electrons. The highest BCUT2D eigenvalue weighted by atomic mass is 16.5. The summed E-state index contributed by atoms with van der Waals surface area (Å²) in [7, 11) is 0. The summed E-state index contributed by atoms with van der Waals surface area (Å²) < 4.78 is 6.08. The van der Waals surface area contributed by atoms with E-state index < -0.39 is 0 Å². The van der Waals surface area contributed by atoms with Crippen molar-refractivity contribution in [1.29, 1.82) is 0 Å². The number of hydrogen-bond donors (Lipinski definition) is 1. The summed E-state index contributed by atoms with van der Waals surface area (Å²) in [6.07, 6.45) is 6.54. The highest BCUT2D eigenvalue weighted by Crippen LogP contribution is 2.29. The Balaban J connectivity index is 1.98. The van der Waals surface area contributed by atoms with Crippen molar-refractivity contribution in [3.05, 3.63) is 29.8 Å². The Morgan fingerprint density at radius 2 is 2.26 bits per heavy atom. The normalized spacial score (nSPS) is 22.4. The number of rotatable bonds is 3. The molecule has 2 atom stereocenters. The van der Waals surface area contributed by atoms with E-state index in [0.29, 0.717) is 6.10 Å². The van der Waals surface area contributed by atoms with Gasteiger partial charge in [0.15, 0.2) is 0 Å². The summed E-state index contributed by atoms with van der Waals surface area (Å²) >= 11 is 0. The van der Waals surface area contributed by atoms with Crippen LogP contribution in [-0.4, -0.2) is 17.8 Å². The van der Waals surface area contributed by atoms with Crippen LogP contribution in [0, 0.1) is 17.8 Å². The van der Waals surface area contributed by atoms with Crippen molar-refractivity contribution in [3.63, 3.8) is 0 Å². The van der Waals surface area contributed by atoms with Gasteiger partial charge in [-0.2, -0.15) is 0 Å². The highest BCUT2D eigenvalue weighted by molar-refractivity contribution is 5.39. The second-order valence-electron chi connectivity index (χ2n) is 5.17. The molecule has 1 aliphatic carbocycles. The van der Waals surface area contributed by atoms with Crippen LogP contribution < -0.4 is 4.74 Å². The standard InChI is InChI=1S/C17H22O2/c1-2-14-6-3-9-16(12-14)19-17-10-4-7-15(13-17)8-5-11-18/h4,7,10,13-14,16,18H,2-3,6,9,11-12H2,1H3. The molecule has 19 heavy (non-hydrogen) atoms. The van der Waals surface area contributed by atoms with E-state index in [4.69, 9.17) is 9.84 Å². The molecule has 0 saturated heterocycles. The lowest BCUT2D eigenvalue weighted by Crippen LogP contribution is -2.25. The molecule has 1 aliphatic rings. The number of ether oxygens (including phenoxy) is 1. The Kier molecular flexibility index (Phi) is 5.30. The molecule has 2 heteroatoms. The van der Waals surface area contributed by atoms with Crippen LogP contribution in [0.2, 0.25) is 0 Å². The van der Waals surface area contributed by atoms with Gasteiger partial charge in [-0.05, 0) is 43.4 Å². The molecule has 102 valence electrons. The van der Waals surface area contributed by atoms with Crippen LogP contribution in [0.3, 0.4) is 0 Å². The fourth-order valence-corrected chi connectivity index (χ4v) is 2.70. The molecule has 2 unspecified atom stereocenters. The predicted octanol–water partition coefficient (Wildman–Crippen LogP) is 3.38. The molecule has 2 nitrogen and oxygen atoms in total. The maximum absolute atomic E-state index is 8.71. The number of benzene rings is 1. The molecule has 0 aromatic heterocycles. The quantitative estimate of drug-likeness (QED) is 0.842. The number of aliphatic hydroxyl groups is 1. The zero-order chi connectivity index (χ0) is 13.5. The molecular formula is C17H22O2. The highest BCUT2D eigenvalue weighted by Gasteiger charge is 2.21. The lowest BCUT2D eigenvalue weighted by Gasteiger charge is -2.29. The van der Waals surface area contributed by atoms with Gasteiger partial charge >= 0.3 is 0 Å². The second-order valence-corrected chi connectivity index (χ2v) is 5.17. The average molecular weight is 258 g/mol. The summed E-state index contributed by atoms with van der Waals surface area (Å²) in [5.41, 5.74) is 0.898. The first kappa shape index (κ1) is 14.0. The SMILES string of the molecule is CCC1CCCC(Oc2cccc(C#CCO)c2)C1. The molecule has 0 heterocycles. The van der Waals surface area contributed by atoms with Gasteiger partial charge in [-0.1, -0.05) is 37.7 Å². The minimum absolute atomic E-state index is 0.105. The third kappa shape index (κ3) is 4.29. The third-order valence-electron chi connectivity index (χ3n) is 3.76. The molecular weight excluding hydrogens is 236 g/mol. The van der Waals surface area contributed by atoms with E-state index in [1.165, 1.54) is 25.7 Å². The smallest absolute Gasteiger partial charge is 0.120 e. The Morgan fingerprint density at radius 3 is 3.05 bits per heavy atom. The molecule has 0 aliphatic heterocycles. The van der Waals surface area contributed by atoms with Crippen molar-refractivity contribution < 1.29 is 9.84 Å². The largest absolute Gasteiger partial charge is 0.490 e. The van der Waals surface area contributed by atoms with Gasteiger partial charge in [0.05, 0.1) is 6.10 Å². The lowest BCUT2D eigenvalue weighted by atomic mass is 9.85. The second kappa shape index (κ2) is 7.21. The zero-order valence-corrected chi connectivity index (χ0v) is 11.6. The van der Waals surface area contributed by atoms with Gasteiger partial charge in [0.1, 0.15) is 12.4 Å². The van der Waals surface area contributed by atoms with Crippen LogP contribution in [0.4, 0.5) is 0 Å². The fourth-order valence-electron chi connectivity index (χ4n) is 2.70. The predicted molar refractivity (Wildman–Crippen MR) is 77.1 cm³/mol. The van der Waals surface area contributed by atoms with Crippen LogP contribution >= 0.6 is 0 Å². The fraction of sp³-hybridized carbons (Fsp3) is 0.529. The van der Waals surface area contributed by atoms with E-state index in [2.05, 4.69) is 18.8 Å². The molecule has 1 aromatic rings. The van der Waals surface area contributed by atoms with Gasteiger partial charge < -0.3 is 9.84 Å². The maximum Gasteiger partial charge on any atom is 0.120 e. The van der Waals surface area contributed by atoms with Gasteiger partial charge in [0.2, 0.25) is 0 Å². The molecule has 2 rings (SSSR count). The van der Waals surface area contributed by atoms with E-state index in [9.17, 15) is 0 Å². The number of aliphatic hydroxyl groups excluding tert-OH is 1. The van der Waals surface area contributed by atoms with Crippen molar-refractivity contribution >= 4 is 0 Å². The van der Waals surface area contributed by atoms with Gasteiger partial charge in [-0.3, -0.25) is 0 Å². The summed E-state index contributed by atoms with van der Waals surface area (Å²) in [5, 5.41) is 8.71.